The summed E-state index contributed by atoms with van der Waals surface area (Å²) in [5.74, 6) is 1.65. The highest BCUT2D eigenvalue weighted by molar-refractivity contribution is 14.1. The van der Waals surface area contributed by atoms with Crippen molar-refractivity contribution in [2.75, 3.05) is 0 Å². The topological polar surface area (TPSA) is 52.6 Å². The maximum absolute atomic E-state index is 12.7. The minimum atomic E-state index is -0.128. The Morgan fingerprint density at radius 3 is 1.93 bits per heavy atom. The molecule has 0 spiro atoms. The lowest BCUT2D eigenvalue weighted by atomic mass is 9.83. The van der Waals surface area contributed by atoms with Crippen molar-refractivity contribution in [2.24, 2.45) is 17.8 Å². The second-order valence-corrected chi connectivity index (χ2v) is 10.8. The molecule has 1 aromatic rings. The Hall–Kier alpha value is -1.11. The molecule has 0 saturated heterocycles. The van der Waals surface area contributed by atoms with E-state index in [0.29, 0.717) is 21.3 Å². The van der Waals surface area contributed by atoms with E-state index in [4.69, 9.17) is 9.47 Å². The highest BCUT2D eigenvalue weighted by atomic mass is 127. The van der Waals surface area contributed by atoms with Crippen molar-refractivity contribution in [3.8, 4) is 11.5 Å². The quantitative estimate of drug-likeness (QED) is 0.207. The number of halogens is 1. The summed E-state index contributed by atoms with van der Waals surface area (Å²) in [6.07, 6.45) is 7.95. The fraction of sp³-hybridized carbons (Fsp3) is 0.667. The Morgan fingerprint density at radius 1 is 0.828 bits per heavy atom. The standard InChI is InChI=1S/C24H33IO4/c1-14-5-7-18(8-6-14)24(27)29-22-15(2)13-21(16(3)17(22)4)28-23(26)19-9-11-20(25)12-10-19/h13-14,18-20H,5-12H2,1-4H3. The fourth-order valence-corrected chi connectivity index (χ4v) is 5.16. The van der Waals surface area contributed by atoms with Crippen LogP contribution in [0.4, 0.5) is 0 Å². The first kappa shape index (κ1) is 22.6. The number of aryl methyl sites for hydroxylation is 1. The molecule has 2 aliphatic rings. The second kappa shape index (κ2) is 9.80. The molecule has 0 atom stereocenters. The molecule has 0 unspecified atom stereocenters. The lowest BCUT2D eigenvalue weighted by Crippen LogP contribution is -2.26. The van der Waals surface area contributed by atoms with Crippen LogP contribution in [-0.4, -0.2) is 15.9 Å². The molecule has 160 valence electrons. The molecule has 0 aromatic heterocycles. The highest BCUT2D eigenvalue weighted by Crippen LogP contribution is 2.37. The third kappa shape index (κ3) is 5.53. The summed E-state index contributed by atoms with van der Waals surface area (Å²) < 4.78 is 12.3. The predicted molar refractivity (Wildman–Crippen MR) is 123 cm³/mol. The molecular weight excluding hydrogens is 479 g/mol. The Labute approximate surface area is 188 Å². The van der Waals surface area contributed by atoms with Gasteiger partial charge in [-0.1, -0.05) is 29.5 Å². The van der Waals surface area contributed by atoms with E-state index >= 15 is 0 Å². The van der Waals surface area contributed by atoms with Gasteiger partial charge in [-0.25, -0.2) is 0 Å². The minimum Gasteiger partial charge on any atom is -0.426 e. The molecule has 5 heteroatoms. The lowest BCUT2D eigenvalue weighted by Gasteiger charge is -2.26. The highest BCUT2D eigenvalue weighted by Gasteiger charge is 2.29. The van der Waals surface area contributed by atoms with Crippen LogP contribution >= 0.6 is 22.6 Å². The van der Waals surface area contributed by atoms with Crippen LogP contribution in [-0.2, 0) is 9.59 Å². The maximum Gasteiger partial charge on any atom is 0.314 e. The number of ether oxygens (including phenoxy) is 2. The molecule has 0 N–H and O–H groups in total. The van der Waals surface area contributed by atoms with E-state index in [1.54, 1.807) is 0 Å². The summed E-state index contributed by atoms with van der Waals surface area (Å²) in [4.78, 5) is 25.3. The zero-order valence-corrected chi connectivity index (χ0v) is 20.2. The van der Waals surface area contributed by atoms with Gasteiger partial charge in [0.05, 0.1) is 11.8 Å². The molecule has 3 rings (SSSR count). The minimum absolute atomic E-state index is 0.00385. The van der Waals surface area contributed by atoms with Crippen molar-refractivity contribution in [3.63, 3.8) is 0 Å². The first-order valence-corrected chi connectivity index (χ1v) is 12.2. The number of rotatable bonds is 4. The van der Waals surface area contributed by atoms with Gasteiger partial charge in [0.1, 0.15) is 11.5 Å². The molecule has 4 nitrogen and oxygen atoms in total. The van der Waals surface area contributed by atoms with Gasteiger partial charge in [-0.3, -0.25) is 9.59 Å². The lowest BCUT2D eigenvalue weighted by molar-refractivity contribution is -0.141. The van der Waals surface area contributed by atoms with Crippen LogP contribution in [0.5, 0.6) is 11.5 Å². The summed E-state index contributed by atoms with van der Waals surface area (Å²) in [5, 5.41) is 0. The first-order valence-electron chi connectivity index (χ1n) is 10.9. The van der Waals surface area contributed by atoms with Gasteiger partial charge in [0.25, 0.3) is 0 Å². The van der Waals surface area contributed by atoms with Gasteiger partial charge < -0.3 is 9.47 Å². The van der Waals surface area contributed by atoms with Crippen molar-refractivity contribution >= 4 is 34.5 Å². The van der Waals surface area contributed by atoms with E-state index in [2.05, 4.69) is 29.5 Å². The van der Waals surface area contributed by atoms with E-state index in [1.807, 2.05) is 26.8 Å². The molecule has 29 heavy (non-hydrogen) atoms. The summed E-state index contributed by atoms with van der Waals surface area (Å²) >= 11 is 2.46. The summed E-state index contributed by atoms with van der Waals surface area (Å²) in [6, 6.07) is 1.84. The molecular formula is C24H33IO4. The number of carbonyl (C=O) groups is 2. The molecule has 2 aliphatic carbocycles. The molecule has 0 bridgehead atoms. The van der Waals surface area contributed by atoms with Crippen LogP contribution in [0.2, 0.25) is 0 Å². The van der Waals surface area contributed by atoms with Crippen molar-refractivity contribution in [3.05, 3.63) is 22.8 Å². The van der Waals surface area contributed by atoms with Gasteiger partial charge in [0.2, 0.25) is 0 Å². The Morgan fingerprint density at radius 2 is 1.34 bits per heavy atom. The van der Waals surface area contributed by atoms with Gasteiger partial charge >= 0.3 is 11.9 Å². The fourth-order valence-electron chi connectivity index (χ4n) is 4.44. The van der Waals surface area contributed by atoms with Crippen LogP contribution in [0.1, 0.15) is 75.0 Å². The molecule has 0 heterocycles. The number of carbonyl (C=O) groups excluding carboxylic acids is 2. The van der Waals surface area contributed by atoms with E-state index in [-0.39, 0.29) is 23.8 Å². The van der Waals surface area contributed by atoms with E-state index < -0.39 is 0 Å². The van der Waals surface area contributed by atoms with Gasteiger partial charge in [0.15, 0.2) is 0 Å². The third-order valence-corrected chi connectivity index (χ3v) is 7.98. The number of alkyl halides is 1. The predicted octanol–water partition coefficient (Wildman–Crippen LogP) is 6.24. The number of hydrogen-bond acceptors (Lipinski definition) is 4. The Kier molecular flexibility index (Phi) is 7.63. The molecule has 2 fully saturated rings. The van der Waals surface area contributed by atoms with Crippen molar-refractivity contribution in [2.45, 2.75) is 83.0 Å². The van der Waals surface area contributed by atoms with E-state index in [9.17, 15) is 9.59 Å². The average Bonchev–Trinajstić information content (AvgIpc) is 2.70. The van der Waals surface area contributed by atoms with Crippen LogP contribution in [0.15, 0.2) is 6.07 Å². The van der Waals surface area contributed by atoms with Gasteiger partial charge in [0, 0.05) is 3.92 Å². The number of esters is 2. The Balaban J connectivity index is 1.69. The molecule has 2 saturated carbocycles. The summed E-state index contributed by atoms with van der Waals surface area (Å²) in [6.45, 7) is 8.02. The van der Waals surface area contributed by atoms with Gasteiger partial charge in [-0.2, -0.15) is 0 Å². The zero-order chi connectivity index (χ0) is 21.1. The SMILES string of the molecule is Cc1cc(OC(=O)C2CCC(I)CC2)c(C)c(C)c1OC(=O)C1CCC(C)CC1. The van der Waals surface area contributed by atoms with Gasteiger partial charge in [-0.15, -0.1) is 0 Å². The molecule has 1 aromatic carbocycles. The first-order chi connectivity index (χ1) is 13.8. The van der Waals surface area contributed by atoms with Crippen molar-refractivity contribution in [1.82, 2.24) is 0 Å². The monoisotopic (exact) mass is 512 g/mol. The van der Waals surface area contributed by atoms with Crippen LogP contribution in [0.3, 0.4) is 0 Å². The van der Waals surface area contributed by atoms with Crippen LogP contribution < -0.4 is 9.47 Å². The molecule has 0 aliphatic heterocycles. The second-order valence-electron chi connectivity index (χ2n) is 9.02. The molecule has 0 radical (unpaired) electrons. The average molecular weight is 512 g/mol. The Bertz CT molecular complexity index is 757. The molecule has 0 amide bonds. The van der Waals surface area contributed by atoms with Crippen LogP contribution in [0.25, 0.3) is 0 Å². The van der Waals surface area contributed by atoms with Crippen molar-refractivity contribution in [1.29, 1.82) is 0 Å². The summed E-state index contributed by atoms with van der Waals surface area (Å²) in [7, 11) is 0. The summed E-state index contributed by atoms with van der Waals surface area (Å²) in [5.41, 5.74) is 2.58. The zero-order valence-electron chi connectivity index (χ0n) is 18.1. The van der Waals surface area contributed by atoms with E-state index in [1.165, 1.54) is 0 Å². The smallest absolute Gasteiger partial charge is 0.314 e. The maximum atomic E-state index is 12.7. The third-order valence-electron chi connectivity index (χ3n) is 6.73. The van der Waals surface area contributed by atoms with Gasteiger partial charge in [-0.05, 0) is 101 Å². The number of hydrogen-bond donors (Lipinski definition) is 0. The van der Waals surface area contributed by atoms with Crippen LogP contribution in [0, 0.1) is 38.5 Å². The van der Waals surface area contributed by atoms with Crippen molar-refractivity contribution < 1.29 is 19.1 Å². The van der Waals surface area contributed by atoms with E-state index in [0.717, 1.165) is 68.1 Å². The largest absolute Gasteiger partial charge is 0.426 e. The normalized spacial score (nSPS) is 27.3. The number of benzene rings is 1.